The number of likely N-dealkylation sites (tertiary alicyclic amines) is 1. The van der Waals surface area contributed by atoms with Gasteiger partial charge in [0.2, 0.25) is 5.91 Å². The summed E-state index contributed by atoms with van der Waals surface area (Å²) in [6, 6.07) is 0. The number of carboxylic acids is 1. The summed E-state index contributed by atoms with van der Waals surface area (Å²) in [6.45, 7) is 6.08. The van der Waals surface area contributed by atoms with Crippen LogP contribution in [0.15, 0.2) is 0 Å². The molecule has 0 spiro atoms. The molecule has 1 heterocycles. The molecule has 98 valence electrons. The molecule has 1 rings (SSSR count). The number of carbonyl (C=O) groups excluding carboxylic acids is 1. The summed E-state index contributed by atoms with van der Waals surface area (Å²) in [7, 11) is 0. The number of rotatable bonds is 6. The first-order valence-corrected chi connectivity index (χ1v) is 6.26. The summed E-state index contributed by atoms with van der Waals surface area (Å²) in [5.74, 6) is -0.749. The predicted octanol–water partition coefficient (Wildman–Crippen LogP) is 0.699. The van der Waals surface area contributed by atoms with E-state index in [0.717, 1.165) is 6.42 Å². The number of nitrogens with zero attached hydrogens (tertiary/aromatic N) is 1. The first-order chi connectivity index (χ1) is 8.04. The van der Waals surface area contributed by atoms with Crippen molar-refractivity contribution in [2.45, 2.75) is 33.1 Å². The molecule has 0 radical (unpaired) electrons. The molecular formula is C12H22N2O3. The third-order valence-electron chi connectivity index (χ3n) is 3.50. The van der Waals surface area contributed by atoms with E-state index in [0.29, 0.717) is 39.0 Å². The Morgan fingerprint density at radius 1 is 1.41 bits per heavy atom. The maximum absolute atomic E-state index is 11.5. The van der Waals surface area contributed by atoms with E-state index < -0.39 is 11.4 Å². The zero-order chi connectivity index (χ0) is 12.9. The van der Waals surface area contributed by atoms with Crippen molar-refractivity contribution in [2.75, 3.05) is 26.2 Å². The second-order valence-corrected chi connectivity index (χ2v) is 4.75. The van der Waals surface area contributed by atoms with Gasteiger partial charge in [0.05, 0.1) is 12.0 Å². The van der Waals surface area contributed by atoms with Crippen LogP contribution in [-0.2, 0) is 9.59 Å². The first-order valence-electron chi connectivity index (χ1n) is 6.26. The van der Waals surface area contributed by atoms with E-state index >= 15 is 0 Å². The molecule has 1 amide bonds. The van der Waals surface area contributed by atoms with Crippen molar-refractivity contribution in [3.8, 4) is 0 Å². The molecule has 0 aliphatic carbocycles. The quantitative estimate of drug-likeness (QED) is 0.719. The fourth-order valence-corrected chi connectivity index (χ4v) is 2.23. The third kappa shape index (κ3) is 3.43. The number of carboxylic acid groups (broad SMARTS) is 1. The van der Waals surface area contributed by atoms with Crippen molar-refractivity contribution >= 4 is 11.9 Å². The van der Waals surface area contributed by atoms with Crippen LogP contribution in [0.25, 0.3) is 0 Å². The van der Waals surface area contributed by atoms with Gasteiger partial charge in [-0.3, -0.25) is 14.5 Å². The molecule has 2 N–H and O–H groups in total. The third-order valence-corrected chi connectivity index (χ3v) is 3.50. The summed E-state index contributed by atoms with van der Waals surface area (Å²) < 4.78 is 0. The van der Waals surface area contributed by atoms with E-state index in [2.05, 4.69) is 5.32 Å². The maximum Gasteiger partial charge on any atom is 0.310 e. The smallest absolute Gasteiger partial charge is 0.310 e. The standard InChI is InChI=1S/C12H22N2O3/c1-3-6-13-10(15)8-14-7-5-12(4-2,9-14)11(16)17/h3-9H2,1-2H3,(H,13,15)(H,16,17). The van der Waals surface area contributed by atoms with E-state index in [1.807, 2.05) is 18.7 Å². The maximum atomic E-state index is 11.5. The second-order valence-electron chi connectivity index (χ2n) is 4.75. The molecule has 0 aromatic heterocycles. The minimum atomic E-state index is -0.739. The van der Waals surface area contributed by atoms with Gasteiger partial charge in [0.15, 0.2) is 0 Å². The molecule has 1 unspecified atom stereocenters. The lowest BCUT2D eigenvalue weighted by Crippen LogP contribution is -2.39. The van der Waals surface area contributed by atoms with Crippen LogP contribution in [0.3, 0.4) is 0 Å². The Morgan fingerprint density at radius 2 is 2.12 bits per heavy atom. The monoisotopic (exact) mass is 242 g/mol. The Bertz CT molecular complexity index is 293. The summed E-state index contributed by atoms with van der Waals surface area (Å²) in [5.41, 5.74) is -0.648. The summed E-state index contributed by atoms with van der Waals surface area (Å²) in [4.78, 5) is 24.7. The lowest BCUT2D eigenvalue weighted by atomic mass is 9.84. The van der Waals surface area contributed by atoms with E-state index in [-0.39, 0.29) is 5.91 Å². The molecule has 0 aromatic carbocycles. The summed E-state index contributed by atoms with van der Waals surface area (Å²) in [6.07, 6.45) is 2.18. The van der Waals surface area contributed by atoms with Crippen LogP contribution >= 0.6 is 0 Å². The van der Waals surface area contributed by atoms with Gasteiger partial charge in [0.1, 0.15) is 0 Å². The molecule has 1 saturated heterocycles. The van der Waals surface area contributed by atoms with Gasteiger partial charge in [-0.2, -0.15) is 0 Å². The average molecular weight is 242 g/mol. The summed E-state index contributed by atoms with van der Waals surface area (Å²) in [5, 5.41) is 12.0. The largest absolute Gasteiger partial charge is 0.481 e. The van der Waals surface area contributed by atoms with Crippen LogP contribution in [0, 0.1) is 5.41 Å². The number of hydrogen-bond donors (Lipinski definition) is 2. The molecule has 0 aromatic rings. The van der Waals surface area contributed by atoms with Gasteiger partial charge >= 0.3 is 5.97 Å². The Hall–Kier alpha value is -1.10. The van der Waals surface area contributed by atoms with Gasteiger partial charge in [-0.15, -0.1) is 0 Å². The highest BCUT2D eigenvalue weighted by molar-refractivity contribution is 5.79. The van der Waals surface area contributed by atoms with E-state index in [9.17, 15) is 14.7 Å². The molecule has 1 aliphatic heterocycles. The number of aliphatic carboxylic acids is 1. The highest BCUT2D eigenvalue weighted by atomic mass is 16.4. The van der Waals surface area contributed by atoms with Gasteiger partial charge in [-0.05, 0) is 25.8 Å². The van der Waals surface area contributed by atoms with E-state index in [1.165, 1.54) is 0 Å². The molecule has 1 aliphatic rings. The van der Waals surface area contributed by atoms with Crippen molar-refractivity contribution in [1.82, 2.24) is 10.2 Å². The van der Waals surface area contributed by atoms with Crippen molar-refractivity contribution in [2.24, 2.45) is 5.41 Å². The van der Waals surface area contributed by atoms with Crippen LogP contribution in [0.1, 0.15) is 33.1 Å². The number of hydrogen-bond acceptors (Lipinski definition) is 3. The Balaban J connectivity index is 2.44. The first kappa shape index (κ1) is 14.0. The highest BCUT2D eigenvalue weighted by Gasteiger charge is 2.43. The van der Waals surface area contributed by atoms with Crippen LogP contribution < -0.4 is 5.32 Å². The molecule has 0 bridgehead atoms. The lowest BCUT2D eigenvalue weighted by Gasteiger charge is -2.22. The topological polar surface area (TPSA) is 69.6 Å². The Kier molecular flexibility index (Phi) is 4.93. The second kappa shape index (κ2) is 6.00. The van der Waals surface area contributed by atoms with Crippen molar-refractivity contribution in [3.05, 3.63) is 0 Å². The number of amides is 1. The Morgan fingerprint density at radius 3 is 2.59 bits per heavy atom. The van der Waals surface area contributed by atoms with Crippen LogP contribution in [0.4, 0.5) is 0 Å². The summed E-state index contributed by atoms with van der Waals surface area (Å²) >= 11 is 0. The minimum Gasteiger partial charge on any atom is -0.481 e. The Labute approximate surface area is 102 Å². The van der Waals surface area contributed by atoms with Gasteiger partial charge in [-0.25, -0.2) is 0 Å². The molecule has 5 heteroatoms. The van der Waals surface area contributed by atoms with Gasteiger partial charge in [0.25, 0.3) is 0 Å². The van der Waals surface area contributed by atoms with Crippen LogP contribution in [0.2, 0.25) is 0 Å². The average Bonchev–Trinajstić information content (AvgIpc) is 2.71. The molecule has 17 heavy (non-hydrogen) atoms. The lowest BCUT2D eigenvalue weighted by molar-refractivity contribution is -0.148. The fourth-order valence-electron chi connectivity index (χ4n) is 2.23. The fraction of sp³-hybridized carbons (Fsp3) is 0.833. The molecular weight excluding hydrogens is 220 g/mol. The van der Waals surface area contributed by atoms with E-state index in [1.54, 1.807) is 0 Å². The van der Waals surface area contributed by atoms with Crippen LogP contribution in [0.5, 0.6) is 0 Å². The van der Waals surface area contributed by atoms with Crippen molar-refractivity contribution in [3.63, 3.8) is 0 Å². The van der Waals surface area contributed by atoms with Gasteiger partial charge in [0, 0.05) is 13.1 Å². The molecule has 5 nitrogen and oxygen atoms in total. The number of carbonyl (C=O) groups is 2. The normalized spacial score (nSPS) is 24.8. The zero-order valence-electron chi connectivity index (χ0n) is 10.7. The molecule has 1 atom stereocenters. The van der Waals surface area contributed by atoms with Crippen molar-refractivity contribution < 1.29 is 14.7 Å². The molecule has 1 fully saturated rings. The highest BCUT2D eigenvalue weighted by Crippen LogP contribution is 2.33. The molecule has 0 saturated carbocycles. The van der Waals surface area contributed by atoms with Gasteiger partial charge < -0.3 is 10.4 Å². The SMILES string of the molecule is CCCNC(=O)CN1CCC(CC)(C(=O)O)C1. The number of nitrogens with one attached hydrogen (secondary N) is 1. The van der Waals surface area contributed by atoms with Gasteiger partial charge in [-0.1, -0.05) is 13.8 Å². The minimum absolute atomic E-state index is 0.0101. The zero-order valence-corrected chi connectivity index (χ0v) is 10.7. The van der Waals surface area contributed by atoms with Crippen LogP contribution in [-0.4, -0.2) is 48.1 Å². The predicted molar refractivity (Wildman–Crippen MR) is 64.7 cm³/mol. The van der Waals surface area contributed by atoms with E-state index in [4.69, 9.17) is 0 Å². The van der Waals surface area contributed by atoms with Crippen molar-refractivity contribution in [1.29, 1.82) is 0 Å².